The fraction of sp³-hybridized carbons (Fsp3) is 0.120. The molecule has 8 heteroatoms. The molecular formula is C25H16N4O4. The zero-order chi connectivity index (χ0) is 23.8. The van der Waals surface area contributed by atoms with E-state index in [1.807, 2.05) is 30.3 Å². The van der Waals surface area contributed by atoms with Crippen LogP contribution in [0.25, 0.3) is 0 Å². The second kappa shape index (κ2) is 10.5. The number of benzene rings is 3. The van der Waals surface area contributed by atoms with Crippen LogP contribution in [0.5, 0.6) is 0 Å². The molecule has 0 N–H and O–H groups in total. The fourth-order valence-electron chi connectivity index (χ4n) is 3.75. The number of aliphatic imine (C=N–C) groups is 4. The van der Waals surface area contributed by atoms with E-state index in [-0.39, 0.29) is 11.4 Å². The molecule has 3 aromatic carbocycles. The third kappa shape index (κ3) is 4.92. The van der Waals surface area contributed by atoms with Gasteiger partial charge in [0.15, 0.2) is 0 Å². The Morgan fingerprint density at radius 3 is 1.42 bits per heavy atom. The van der Waals surface area contributed by atoms with Crippen LogP contribution in [0.1, 0.15) is 33.7 Å². The minimum atomic E-state index is -0.476. The van der Waals surface area contributed by atoms with Gasteiger partial charge in [0.05, 0.1) is 22.7 Å². The molecule has 0 aliphatic rings. The Kier molecular flexibility index (Phi) is 7.25. The van der Waals surface area contributed by atoms with E-state index in [4.69, 9.17) is 0 Å². The molecule has 0 saturated heterocycles. The van der Waals surface area contributed by atoms with Crippen molar-refractivity contribution in [1.29, 1.82) is 0 Å². The molecule has 0 saturated carbocycles. The summed E-state index contributed by atoms with van der Waals surface area (Å²) in [4.78, 5) is 58.8. The predicted molar refractivity (Wildman–Crippen MR) is 121 cm³/mol. The first-order valence-corrected chi connectivity index (χ1v) is 9.69. The molecule has 33 heavy (non-hydrogen) atoms. The van der Waals surface area contributed by atoms with Gasteiger partial charge in [-0.3, -0.25) is 0 Å². The van der Waals surface area contributed by atoms with E-state index in [2.05, 4.69) is 20.0 Å². The van der Waals surface area contributed by atoms with E-state index in [1.54, 1.807) is 26.0 Å². The molecule has 0 bridgehead atoms. The van der Waals surface area contributed by atoms with Gasteiger partial charge in [-0.1, -0.05) is 30.3 Å². The van der Waals surface area contributed by atoms with Crippen LogP contribution in [-0.4, -0.2) is 24.3 Å². The number of hydrogen-bond acceptors (Lipinski definition) is 8. The summed E-state index contributed by atoms with van der Waals surface area (Å²) >= 11 is 0. The topological polar surface area (TPSA) is 118 Å². The predicted octanol–water partition coefficient (Wildman–Crippen LogP) is 5.35. The van der Waals surface area contributed by atoms with E-state index in [1.165, 1.54) is 36.5 Å². The second-order valence-electron chi connectivity index (χ2n) is 7.01. The zero-order valence-corrected chi connectivity index (χ0v) is 17.7. The first-order chi connectivity index (χ1) is 16.0. The Morgan fingerprint density at radius 1 is 0.606 bits per heavy atom. The lowest BCUT2D eigenvalue weighted by Gasteiger charge is -2.24. The van der Waals surface area contributed by atoms with Crippen molar-refractivity contribution in [1.82, 2.24) is 0 Å². The summed E-state index contributed by atoms with van der Waals surface area (Å²) in [6, 6.07) is 15.8. The summed E-state index contributed by atoms with van der Waals surface area (Å²) in [6.07, 6.45) is 6.04. The molecule has 0 aliphatic carbocycles. The lowest BCUT2D eigenvalue weighted by Crippen LogP contribution is -2.07. The van der Waals surface area contributed by atoms with Gasteiger partial charge >= 0.3 is 0 Å². The Labute approximate surface area is 188 Å². The molecule has 3 aromatic rings. The standard InChI is InChI=1S/C25H16N4O4/c1-16-21(8-19(26-12-30)10-23(16)28-14-32)25(18-6-4-3-5-7-18)22-9-20(27-13-31)11-24(17(22)2)29-15-33/h3-11,25H,1-2H3. The lowest BCUT2D eigenvalue weighted by atomic mass is 9.80. The quantitative estimate of drug-likeness (QED) is 0.282. The largest absolute Gasteiger partial charge is 0.240 e. The van der Waals surface area contributed by atoms with Gasteiger partial charge in [-0.2, -0.15) is 20.0 Å². The van der Waals surface area contributed by atoms with Crippen molar-refractivity contribution in [2.45, 2.75) is 19.8 Å². The van der Waals surface area contributed by atoms with Gasteiger partial charge in [0.2, 0.25) is 24.3 Å². The molecular weight excluding hydrogens is 420 g/mol. The van der Waals surface area contributed by atoms with Crippen LogP contribution in [0.2, 0.25) is 0 Å². The van der Waals surface area contributed by atoms with E-state index in [0.717, 1.165) is 5.56 Å². The number of nitrogens with zero attached hydrogens (tertiary/aromatic N) is 4. The molecule has 0 amide bonds. The molecule has 0 radical (unpaired) electrons. The summed E-state index contributed by atoms with van der Waals surface area (Å²) in [5, 5.41) is 0. The third-order valence-electron chi connectivity index (χ3n) is 5.25. The highest BCUT2D eigenvalue weighted by molar-refractivity contribution is 5.70. The molecule has 0 aromatic heterocycles. The fourth-order valence-corrected chi connectivity index (χ4v) is 3.75. The number of isocyanates is 4. The molecule has 0 atom stereocenters. The molecule has 0 spiro atoms. The van der Waals surface area contributed by atoms with E-state index < -0.39 is 5.92 Å². The summed E-state index contributed by atoms with van der Waals surface area (Å²) in [5.41, 5.74) is 4.63. The Bertz CT molecular complexity index is 1320. The lowest BCUT2D eigenvalue weighted by molar-refractivity contribution is 0.564. The molecule has 3 rings (SSSR count). The van der Waals surface area contributed by atoms with Crippen molar-refractivity contribution >= 4 is 47.1 Å². The smallest absolute Gasteiger partial charge is 0.211 e. The third-order valence-corrected chi connectivity index (χ3v) is 5.25. The maximum absolute atomic E-state index is 11.0. The highest BCUT2D eigenvalue weighted by Gasteiger charge is 2.24. The van der Waals surface area contributed by atoms with Crippen molar-refractivity contribution < 1.29 is 19.2 Å². The SMILES string of the molecule is Cc1c(N=C=O)cc(N=C=O)cc1C(c1ccccc1)c1cc(N=C=O)cc(N=C=O)c1C. The highest BCUT2D eigenvalue weighted by Crippen LogP contribution is 2.43. The van der Waals surface area contributed by atoms with Crippen molar-refractivity contribution in [3.63, 3.8) is 0 Å². The van der Waals surface area contributed by atoms with Gasteiger partial charge in [0, 0.05) is 5.92 Å². The van der Waals surface area contributed by atoms with Gasteiger partial charge in [-0.05, 0) is 65.9 Å². The Morgan fingerprint density at radius 2 is 1.03 bits per heavy atom. The van der Waals surface area contributed by atoms with Crippen LogP contribution in [0.4, 0.5) is 22.7 Å². The van der Waals surface area contributed by atoms with Crippen molar-refractivity contribution in [3.8, 4) is 0 Å². The summed E-state index contributed by atoms with van der Waals surface area (Å²) in [7, 11) is 0. The minimum absolute atomic E-state index is 0.256. The van der Waals surface area contributed by atoms with Gasteiger partial charge < -0.3 is 0 Å². The van der Waals surface area contributed by atoms with E-state index in [9.17, 15) is 19.2 Å². The summed E-state index contributed by atoms with van der Waals surface area (Å²) in [5.74, 6) is -0.476. The molecule has 0 heterocycles. The molecule has 0 unspecified atom stereocenters. The van der Waals surface area contributed by atoms with E-state index in [0.29, 0.717) is 33.6 Å². The Hall–Kier alpha value is -4.82. The van der Waals surface area contributed by atoms with Crippen LogP contribution in [0.15, 0.2) is 74.6 Å². The monoisotopic (exact) mass is 436 g/mol. The molecule has 0 fully saturated rings. The first-order valence-electron chi connectivity index (χ1n) is 9.69. The van der Waals surface area contributed by atoms with Crippen LogP contribution in [-0.2, 0) is 19.2 Å². The van der Waals surface area contributed by atoms with Crippen LogP contribution in [0, 0.1) is 13.8 Å². The number of hydrogen-bond donors (Lipinski definition) is 0. The first kappa shape index (κ1) is 22.9. The highest BCUT2D eigenvalue weighted by atomic mass is 16.1. The normalized spacial score (nSPS) is 10.6. The van der Waals surface area contributed by atoms with Crippen LogP contribution < -0.4 is 0 Å². The van der Waals surface area contributed by atoms with Gasteiger partial charge in [0.25, 0.3) is 0 Å². The molecule has 160 valence electrons. The summed E-state index contributed by atoms with van der Waals surface area (Å²) in [6.45, 7) is 3.56. The summed E-state index contributed by atoms with van der Waals surface area (Å²) < 4.78 is 0. The number of carbonyl (C=O) groups excluding carboxylic acids is 4. The maximum atomic E-state index is 11.0. The molecule has 0 aliphatic heterocycles. The van der Waals surface area contributed by atoms with E-state index >= 15 is 0 Å². The Balaban J connectivity index is 2.47. The van der Waals surface area contributed by atoms with Crippen molar-refractivity contribution in [2.75, 3.05) is 0 Å². The van der Waals surface area contributed by atoms with Crippen molar-refractivity contribution in [2.24, 2.45) is 20.0 Å². The average molecular weight is 436 g/mol. The zero-order valence-electron chi connectivity index (χ0n) is 17.7. The second-order valence-corrected chi connectivity index (χ2v) is 7.01. The van der Waals surface area contributed by atoms with Gasteiger partial charge in [-0.25, -0.2) is 19.2 Å². The average Bonchev–Trinajstić information content (AvgIpc) is 2.81. The molecule has 8 nitrogen and oxygen atoms in total. The number of rotatable bonds is 7. The van der Waals surface area contributed by atoms with Crippen LogP contribution in [0.3, 0.4) is 0 Å². The minimum Gasteiger partial charge on any atom is -0.211 e. The maximum Gasteiger partial charge on any atom is 0.240 e. The van der Waals surface area contributed by atoms with Gasteiger partial charge in [-0.15, -0.1) is 0 Å². The van der Waals surface area contributed by atoms with Crippen molar-refractivity contribution in [3.05, 3.63) is 82.4 Å². The van der Waals surface area contributed by atoms with Gasteiger partial charge in [0.1, 0.15) is 0 Å². The van der Waals surface area contributed by atoms with Crippen LogP contribution >= 0.6 is 0 Å².